The largest absolute Gasteiger partial charge is 0.377 e. The summed E-state index contributed by atoms with van der Waals surface area (Å²) in [5, 5.41) is 0. The molecule has 0 spiro atoms. The number of likely N-dealkylation sites (tertiary alicyclic amines) is 1. The van der Waals surface area contributed by atoms with Crippen LogP contribution in [0.2, 0.25) is 0 Å². The van der Waals surface area contributed by atoms with E-state index in [9.17, 15) is 4.79 Å². The van der Waals surface area contributed by atoms with E-state index in [1.54, 1.807) is 6.20 Å². The molecule has 5 heteroatoms. The van der Waals surface area contributed by atoms with Gasteiger partial charge in [-0.15, -0.1) is 0 Å². The lowest BCUT2D eigenvalue weighted by atomic mass is 10.0. The molecule has 1 aliphatic rings. The Labute approximate surface area is 143 Å². The molecule has 2 heterocycles. The number of benzene rings is 1. The third-order valence-corrected chi connectivity index (χ3v) is 4.49. The number of amides is 1. The van der Waals surface area contributed by atoms with Crippen LogP contribution in [0.1, 0.15) is 37.3 Å². The van der Waals surface area contributed by atoms with Gasteiger partial charge in [0.1, 0.15) is 0 Å². The Morgan fingerprint density at radius 1 is 1.29 bits per heavy atom. The van der Waals surface area contributed by atoms with Crippen LogP contribution in [-0.2, 0) is 16.1 Å². The molecule has 3 rings (SSSR count). The van der Waals surface area contributed by atoms with E-state index in [4.69, 9.17) is 4.74 Å². The normalized spacial score (nSPS) is 17.8. The van der Waals surface area contributed by atoms with Gasteiger partial charge in [0.2, 0.25) is 5.91 Å². The molecule has 0 N–H and O–H groups in total. The zero-order chi connectivity index (χ0) is 16.6. The van der Waals surface area contributed by atoms with Gasteiger partial charge in [-0.1, -0.05) is 30.3 Å². The summed E-state index contributed by atoms with van der Waals surface area (Å²) in [5.74, 6) is 0.239. The van der Waals surface area contributed by atoms with Crippen molar-refractivity contribution in [1.29, 1.82) is 0 Å². The van der Waals surface area contributed by atoms with E-state index in [2.05, 4.69) is 21.7 Å². The summed E-state index contributed by atoms with van der Waals surface area (Å²) in [4.78, 5) is 18.5. The monoisotopic (exact) mass is 327 g/mol. The highest BCUT2D eigenvalue weighted by atomic mass is 16.5. The molecule has 1 saturated heterocycles. The fraction of sp³-hybridized carbons (Fsp3) is 0.474. The van der Waals surface area contributed by atoms with Crippen molar-refractivity contribution < 1.29 is 9.53 Å². The van der Waals surface area contributed by atoms with E-state index in [0.29, 0.717) is 25.7 Å². The molecule has 1 fully saturated rings. The smallest absolute Gasteiger partial charge is 0.222 e. The Bertz CT molecular complexity index is 613. The fourth-order valence-electron chi connectivity index (χ4n) is 3.16. The highest BCUT2D eigenvalue weighted by Crippen LogP contribution is 2.21. The molecule has 1 aromatic heterocycles. The molecule has 0 saturated carbocycles. The van der Waals surface area contributed by atoms with E-state index < -0.39 is 0 Å². The third-order valence-electron chi connectivity index (χ3n) is 4.49. The highest BCUT2D eigenvalue weighted by molar-refractivity contribution is 5.76. The minimum Gasteiger partial charge on any atom is -0.377 e. The second kappa shape index (κ2) is 8.64. The number of carbonyl (C=O) groups excluding carboxylic acids is 1. The summed E-state index contributed by atoms with van der Waals surface area (Å²) in [6.07, 6.45) is 9.12. The first-order chi connectivity index (χ1) is 11.8. The van der Waals surface area contributed by atoms with Gasteiger partial charge in [0.05, 0.1) is 19.0 Å². The summed E-state index contributed by atoms with van der Waals surface area (Å²) < 4.78 is 7.77. The average molecular weight is 327 g/mol. The maximum absolute atomic E-state index is 12.4. The van der Waals surface area contributed by atoms with Crippen LogP contribution < -0.4 is 0 Å². The summed E-state index contributed by atoms with van der Waals surface area (Å²) in [5.41, 5.74) is 1.17. The molecule has 5 nitrogen and oxygen atoms in total. The molecule has 1 amide bonds. The number of piperidine rings is 1. The van der Waals surface area contributed by atoms with Gasteiger partial charge < -0.3 is 14.2 Å². The van der Waals surface area contributed by atoms with E-state index in [1.165, 1.54) is 5.56 Å². The quantitative estimate of drug-likeness (QED) is 0.734. The summed E-state index contributed by atoms with van der Waals surface area (Å²) in [6, 6.07) is 10.5. The Kier molecular flexibility index (Phi) is 6.01. The van der Waals surface area contributed by atoms with Gasteiger partial charge in [-0.05, 0) is 24.8 Å². The fourth-order valence-corrected chi connectivity index (χ4v) is 3.16. The Morgan fingerprint density at radius 3 is 2.96 bits per heavy atom. The van der Waals surface area contributed by atoms with Crippen LogP contribution in [0.4, 0.5) is 0 Å². The zero-order valence-corrected chi connectivity index (χ0v) is 14.0. The lowest BCUT2D eigenvalue weighted by molar-refractivity contribution is -0.133. The number of ether oxygens (including phenoxy) is 1. The number of rotatable bonds is 7. The summed E-state index contributed by atoms with van der Waals surface area (Å²) >= 11 is 0. The lowest BCUT2D eigenvalue weighted by Crippen LogP contribution is -2.40. The summed E-state index contributed by atoms with van der Waals surface area (Å²) in [6.45, 7) is 2.90. The van der Waals surface area contributed by atoms with Crippen molar-refractivity contribution in [1.82, 2.24) is 14.5 Å². The van der Waals surface area contributed by atoms with Crippen LogP contribution in [0.3, 0.4) is 0 Å². The minimum absolute atomic E-state index is 0.239. The van der Waals surface area contributed by atoms with Gasteiger partial charge in [0.15, 0.2) is 0 Å². The van der Waals surface area contributed by atoms with E-state index in [-0.39, 0.29) is 5.91 Å². The number of carbonyl (C=O) groups is 1. The molecule has 0 unspecified atom stereocenters. The van der Waals surface area contributed by atoms with Crippen LogP contribution in [0.5, 0.6) is 0 Å². The van der Waals surface area contributed by atoms with Gasteiger partial charge in [-0.3, -0.25) is 4.79 Å². The van der Waals surface area contributed by atoms with Crippen molar-refractivity contribution in [2.45, 2.75) is 38.3 Å². The third kappa shape index (κ3) is 4.68. The van der Waals surface area contributed by atoms with Crippen molar-refractivity contribution in [3.8, 4) is 0 Å². The Morgan fingerprint density at radius 2 is 2.17 bits per heavy atom. The Balaban J connectivity index is 1.36. The number of imidazole rings is 1. The second-order valence-electron chi connectivity index (χ2n) is 6.29. The van der Waals surface area contributed by atoms with Gasteiger partial charge in [-0.25, -0.2) is 4.98 Å². The first-order valence-electron chi connectivity index (χ1n) is 8.70. The van der Waals surface area contributed by atoms with Crippen LogP contribution in [-0.4, -0.2) is 40.1 Å². The molecular formula is C19H25N3O2. The molecule has 0 bridgehead atoms. The van der Waals surface area contributed by atoms with Gasteiger partial charge in [-0.2, -0.15) is 0 Å². The van der Waals surface area contributed by atoms with Crippen molar-refractivity contribution >= 4 is 5.91 Å². The maximum atomic E-state index is 12.4. The predicted molar refractivity (Wildman–Crippen MR) is 92.4 cm³/mol. The molecule has 0 radical (unpaired) electrons. The van der Waals surface area contributed by atoms with E-state index >= 15 is 0 Å². The van der Waals surface area contributed by atoms with Crippen molar-refractivity contribution in [2.24, 2.45) is 0 Å². The van der Waals surface area contributed by atoms with Crippen molar-refractivity contribution in [3.05, 3.63) is 54.6 Å². The summed E-state index contributed by atoms with van der Waals surface area (Å²) in [7, 11) is 0. The topological polar surface area (TPSA) is 47.4 Å². The van der Waals surface area contributed by atoms with Crippen LogP contribution in [0.15, 0.2) is 49.1 Å². The molecule has 0 aliphatic carbocycles. The highest BCUT2D eigenvalue weighted by Gasteiger charge is 2.23. The number of hydrogen-bond acceptors (Lipinski definition) is 3. The van der Waals surface area contributed by atoms with Crippen LogP contribution in [0.25, 0.3) is 0 Å². The molecule has 1 aromatic carbocycles. The minimum atomic E-state index is 0.239. The van der Waals surface area contributed by atoms with E-state index in [0.717, 1.165) is 32.4 Å². The first-order valence-corrected chi connectivity index (χ1v) is 8.70. The predicted octanol–water partition coefficient (Wildman–Crippen LogP) is 3.04. The SMILES string of the molecule is O=C(CCCOCc1ccccc1)N1CCC[C@@H](n2ccnc2)C1. The van der Waals surface area contributed by atoms with E-state index in [1.807, 2.05) is 35.6 Å². The molecule has 1 atom stereocenters. The maximum Gasteiger partial charge on any atom is 0.222 e. The second-order valence-corrected chi connectivity index (χ2v) is 6.29. The standard InChI is InChI=1S/C19H25N3O2/c23-19(9-5-13-24-15-17-6-2-1-3-7-17)21-11-4-8-18(14-21)22-12-10-20-16-22/h1-3,6-7,10,12,16,18H,4-5,8-9,11,13-15H2/t18-/m1/s1. The molecular weight excluding hydrogens is 302 g/mol. The lowest BCUT2D eigenvalue weighted by Gasteiger charge is -2.33. The zero-order valence-electron chi connectivity index (χ0n) is 14.0. The number of hydrogen-bond donors (Lipinski definition) is 0. The van der Waals surface area contributed by atoms with Gasteiger partial charge in [0, 0.05) is 38.5 Å². The number of aromatic nitrogens is 2. The molecule has 1 aliphatic heterocycles. The molecule has 128 valence electrons. The first kappa shape index (κ1) is 16.7. The van der Waals surface area contributed by atoms with Crippen LogP contribution >= 0.6 is 0 Å². The van der Waals surface area contributed by atoms with Crippen molar-refractivity contribution in [2.75, 3.05) is 19.7 Å². The van der Waals surface area contributed by atoms with Gasteiger partial charge >= 0.3 is 0 Å². The van der Waals surface area contributed by atoms with Crippen LogP contribution in [0, 0.1) is 0 Å². The molecule has 2 aromatic rings. The van der Waals surface area contributed by atoms with Crippen molar-refractivity contribution in [3.63, 3.8) is 0 Å². The Hall–Kier alpha value is -2.14. The average Bonchev–Trinajstić information content (AvgIpc) is 3.17. The number of nitrogens with zero attached hydrogens (tertiary/aromatic N) is 3. The van der Waals surface area contributed by atoms with Gasteiger partial charge in [0.25, 0.3) is 0 Å². The molecule has 24 heavy (non-hydrogen) atoms.